The average molecular weight is 209 g/mol. The SMILES string of the molecule is Cc1cc(CCC(O)C(C)N)ccc1O. The molecule has 3 nitrogen and oxygen atoms in total. The van der Waals surface area contributed by atoms with Gasteiger partial charge in [0.05, 0.1) is 6.10 Å². The smallest absolute Gasteiger partial charge is 0.118 e. The molecule has 0 radical (unpaired) electrons. The average Bonchev–Trinajstić information content (AvgIpc) is 2.19. The first-order chi connectivity index (χ1) is 7.00. The van der Waals surface area contributed by atoms with Gasteiger partial charge in [-0.1, -0.05) is 12.1 Å². The van der Waals surface area contributed by atoms with Crippen LogP contribution < -0.4 is 5.73 Å². The highest BCUT2D eigenvalue weighted by Gasteiger charge is 2.09. The highest BCUT2D eigenvalue weighted by molar-refractivity contribution is 5.34. The van der Waals surface area contributed by atoms with Crippen LogP contribution in [0.4, 0.5) is 0 Å². The fraction of sp³-hybridized carbons (Fsp3) is 0.500. The molecule has 15 heavy (non-hydrogen) atoms. The quantitative estimate of drug-likeness (QED) is 0.701. The number of hydrogen-bond donors (Lipinski definition) is 3. The van der Waals surface area contributed by atoms with Crippen molar-refractivity contribution in [1.29, 1.82) is 0 Å². The predicted molar refractivity (Wildman–Crippen MR) is 60.8 cm³/mol. The fourth-order valence-electron chi connectivity index (χ4n) is 1.45. The van der Waals surface area contributed by atoms with Gasteiger partial charge in [0, 0.05) is 6.04 Å². The number of nitrogens with two attached hydrogens (primary N) is 1. The zero-order valence-electron chi connectivity index (χ0n) is 9.27. The third-order valence-corrected chi connectivity index (χ3v) is 2.60. The lowest BCUT2D eigenvalue weighted by Gasteiger charge is -2.14. The summed E-state index contributed by atoms with van der Waals surface area (Å²) in [5.74, 6) is 0.312. The molecule has 0 aliphatic heterocycles. The largest absolute Gasteiger partial charge is 0.508 e. The van der Waals surface area contributed by atoms with Crippen LogP contribution in [-0.2, 0) is 6.42 Å². The van der Waals surface area contributed by atoms with E-state index >= 15 is 0 Å². The van der Waals surface area contributed by atoms with E-state index in [4.69, 9.17) is 5.73 Å². The Morgan fingerprint density at radius 2 is 2.07 bits per heavy atom. The number of aliphatic hydroxyl groups is 1. The van der Waals surface area contributed by atoms with Crippen molar-refractivity contribution in [1.82, 2.24) is 0 Å². The molecule has 0 aromatic heterocycles. The second-order valence-corrected chi connectivity index (χ2v) is 4.09. The molecule has 2 unspecified atom stereocenters. The molecule has 0 amide bonds. The monoisotopic (exact) mass is 209 g/mol. The van der Waals surface area contributed by atoms with Crippen LogP contribution in [0.15, 0.2) is 18.2 Å². The second kappa shape index (κ2) is 5.14. The lowest BCUT2D eigenvalue weighted by Crippen LogP contribution is -2.31. The lowest BCUT2D eigenvalue weighted by atomic mass is 10.0. The third-order valence-electron chi connectivity index (χ3n) is 2.60. The highest BCUT2D eigenvalue weighted by Crippen LogP contribution is 2.18. The molecule has 1 rings (SSSR count). The maximum atomic E-state index is 9.54. The van der Waals surface area contributed by atoms with Crippen LogP contribution in [0.2, 0.25) is 0 Å². The highest BCUT2D eigenvalue weighted by atomic mass is 16.3. The van der Waals surface area contributed by atoms with Gasteiger partial charge in [0.15, 0.2) is 0 Å². The number of hydrogen-bond acceptors (Lipinski definition) is 3. The Balaban J connectivity index is 2.55. The second-order valence-electron chi connectivity index (χ2n) is 4.09. The Hall–Kier alpha value is -1.06. The maximum absolute atomic E-state index is 9.54. The van der Waals surface area contributed by atoms with Crippen molar-refractivity contribution >= 4 is 0 Å². The Bertz CT molecular complexity index is 323. The molecule has 0 bridgehead atoms. The maximum Gasteiger partial charge on any atom is 0.118 e. The van der Waals surface area contributed by atoms with Crippen molar-refractivity contribution in [3.8, 4) is 5.75 Å². The molecule has 4 N–H and O–H groups in total. The Labute approximate surface area is 90.5 Å². The summed E-state index contributed by atoms with van der Waals surface area (Å²) in [4.78, 5) is 0. The Morgan fingerprint density at radius 3 is 2.60 bits per heavy atom. The van der Waals surface area contributed by atoms with Crippen molar-refractivity contribution in [2.75, 3.05) is 0 Å². The van der Waals surface area contributed by atoms with E-state index in [-0.39, 0.29) is 6.04 Å². The van der Waals surface area contributed by atoms with Crippen molar-refractivity contribution in [2.24, 2.45) is 5.73 Å². The summed E-state index contributed by atoms with van der Waals surface area (Å²) < 4.78 is 0. The first kappa shape index (κ1) is 12.0. The van der Waals surface area contributed by atoms with Crippen LogP contribution in [0.3, 0.4) is 0 Å². The Morgan fingerprint density at radius 1 is 1.40 bits per heavy atom. The molecule has 1 aromatic carbocycles. The standard InChI is InChI=1S/C12H19NO2/c1-8-7-10(3-5-11(8)14)4-6-12(15)9(2)13/h3,5,7,9,12,14-15H,4,6,13H2,1-2H3. The molecule has 3 heteroatoms. The van der Waals surface area contributed by atoms with Gasteiger partial charge < -0.3 is 15.9 Å². The molecule has 0 heterocycles. The molecular formula is C12H19NO2. The van der Waals surface area contributed by atoms with E-state index in [1.54, 1.807) is 13.0 Å². The lowest BCUT2D eigenvalue weighted by molar-refractivity contribution is 0.141. The summed E-state index contributed by atoms with van der Waals surface area (Å²) in [5, 5.41) is 18.9. The number of benzene rings is 1. The summed E-state index contributed by atoms with van der Waals surface area (Å²) >= 11 is 0. The number of rotatable bonds is 4. The van der Waals surface area contributed by atoms with Gasteiger partial charge in [0.1, 0.15) is 5.75 Å². The molecule has 0 spiro atoms. The van der Waals surface area contributed by atoms with E-state index in [2.05, 4.69) is 0 Å². The molecule has 1 aromatic rings. The van der Waals surface area contributed by atoms with E-state index in [9.17, 15) is 10.2 Å². The number of phenols is 1. The van der Waals surface area contributed by atoms with E-state index < -0.39 is 6.10 Å². The number of aryl methyl sites for hydroxylation is 2. The topological polar surface area (TPSA) is 66.5 Å². The number of aliphatic hydroxyl groups excluding tert-OH is 1. The first-order valence-electron chi connectivity index (χ1n) is 5.23. The van der Waals surface area contributed by atoms with E-state index in [1.165, 1.54) is 0 Å². The molecular weight excluding hydrogens is 190 g/mol. The summed E-state index contributed by atoms with van der Waals surface area (Å²) in [7, 11) is 0. The molecule has 0 saturated carbocycles. The first-order valence-corrected chi connectivity index (χ1v) is 5.23. The van der Waals surface area contributed by atoms with Gasteiger partial charge in [0.25, 0.3) is 0 Å². The van der Waals surface area contributed by atoms with E-state index in [0.717, 1.165) is 17.5 Å². The van der Waals surface area contributed by atoms with E-state index in [1.807, 2.05) is 19.1 Å². The molecule has 0 saturated heterocycles. The summed E-state index contributed by atoms with van der Waals surface area (Å²) in [6, 6.07) is 5.30. The third kappa shape index (κ3) is 3.53. The van der Waals surface area contributed by atoms with Crippen LogP contribution in [0.5, 0.6) is 5.75 Å². The zero-order chi connectivity index (χ0) is 11.4. The molecule has 2 atom stereocenters. The van der Waals surface area contributed by atoms with Gasteiger partial charge >= 0.3 is 0 Å². The Kier molecular flexibility index (Phi) is 4.12. The minimum atomic E-state index is -0.459. The molecule has 0 aliphatic rings. The van der Waals surface area contributed by atoms with Crippen molar-refractivity contribution in [3.63, 3.8) is 0 Å². The minimum absolute atomic E-state index is 0.191. The summed E-state index contributed by atoms with van der Waals surface area (Å²) in [6.45, 7) is 3.66. The van der Waals surface area contributed by atoms with Gasteiger partial charge in [-0.25, -0.2) is 0 Å². The normalized spacial score (nSPS) is 14.9. The van der Waals surface area contributed by atoms with Crippen LogP contribution in [0.1, 0.15) is 24.5 Å². The number of phenolic OH excluding ortho intramolecular Hbond substituents is 1. The van der Waals surface area contributed by atoms with Gasteiger partial charge in [-0.3, -0.25) is 0 Å². The van der Waals surface area contributed by atoms with Crippen molar-refractivity contribution in [2.45, 2.75) is 38.8 Å². The summed E-state index contributed by atoms with van der Waals surface area (Å²) in [5.41, 5.74) is 7.54. The number of aromatic hydroxyl groups is 1. The molecule has 0 aliphatic carbocycles. The fourth-order valence-corrected chi connectivity index (χ4v) is 1.45. The van der Waals surface area contributed by atoms with Gasteiger partial charge in [-0.15, -0.1) is 0 Å². The van der Waals surface area contributed by atoms with E-state index in [0.29, 0.717) is 12.2 Å². The van der Waals surface area contributed by atoms with Crippen LogP contribution in [0.25, 0.3) is 0 Å². The van der Waals surface area contributed by atoms with Crippen molar-refractivity contribution in [3.05, 3.63) is 29.3 Å². The van der Waals surface area contributed by atoms with Gasteiger partial charge in [-0.05, 0) is 43.9 Å². The minimum Gasteiger partial charge on any atom is -0.508 e. The van der Waals surface area contributed by atoms with Gasteiger partial charge in [0.2, 0.25) is 0 Å². The van der Waals surface area contributed by atoms with Crippen LogP contribution in [-0.4, -0.2) is 22.4 Å². The van der Waals surface area contributed by atoms with Crippen molar-refractivity contribution < 1.29 is 10.2 Å². The van der Waals surface area contributed by atoms with Crippen LogP contribution in [0, 0.1) is 6.92 Å². The molecule has 84 valence electrons. The zero-order valence-corrected chi connectivity index (χ0v) is 9.27. The van der Waals surface area contributed by atoms with Crippen LogP contribution >= 0.6 is 0 Å². The predicted octanol–water partition coefficient (Wildman–Crippen LogP) is 1.34. The summed E-state index contributed by atoms with van der Waals surface area (Å²) in [6.07, 6.45) is 0.977. The van der Waals surface area contributed by atoms with Gasteiger partial charge in [-0.2, -0.15) is 0 Å². The molecule has 0 fully saturated rings.